The summed E-state index contributed by atoms with van der Waals surface area (Å²) in [7, 11) is 1.62. The number of imidazole rings is 1. The molecule has 144 valence electrons. The largest absolute Gasteiger partial charge is 0.383 e. The lowest BCUT2D eigenvalue weighted by molar-refractivity contribution is 0.187. The lowest BCUT2D eigenvalue weighted by atomic mass is 10.1. The van der Waals surface area contributed by atoms with Crippen molar-refractivity contribution < 1.29 is 9.26 Å². The first kappa shape index (κ1) is 17.1. The Labute approximate surface area is 160 Å². The zero-order valence-corrected chi connectivity index (χ0v) is 15.7. The van der Waals surface area contributed by atoms with Crippen LogP contribution < -0.4 is 5.56 Å². The fourth-order valence-corrected chi connectivity index (χ4v) is 4.11. The predicted molar refractivity (Wildman–Crippen MR) is 103 cm³/mol. The van der Waals surface area contributed by atoms with Crippen LogP contribution in [0.1, 0.15) is 37.4 Å². The molecule has 4 aromatic rings. The van der Waals surface area contributed by atoms with E-state index in [4.69, 9.17) is 9.26 Å². The minimum Gasteiger partial charge on any atom is -0.383 e. The molecule has 5 rings (SSSR count). The van der Waals surface area contributed by atoms with Crippen molar-refractivity contribution in [2.45, 2.75) is 38.1 Å². The summed E-state index contributed by atoms with van der Waals surface area (Å²) in [6, 6.07) is 7.75. The molecule has 8 nitrogen and oxygen atoms in total. The summed E-state index contributed by atoms with van der Waals surface area (Å²) in [4.78, 5) is 22.4. The van der Waals surface area contributed by atoms with Gasteiger partial charge in [0.05, 0.1) is 17.6 Å². The number of benzene rings is 1. The molecule has 0 N–H and O–H groups in total. The molecule has 0 saturated heterocycles. The third-order valence-electron chi connectivity index (χ3n) is 5.53. The van der Waals surface area contributed by atoms with E-state index in [1.807, 2.05) is 24.3 Å². The van der Waals surface area contributed by atoms with Crippen molar-refractivity contribution in [1.82, 2.24) is 24.1 Å². The molecule has 1 aromatic carbocycles. The molecular formula is C20H21N5O3. The summed E-state index contributed by atoms with van der Waals surface area (Å²) in [5.41, 5.74) is 2.44. The smallest absolute Gasteiger partial charge is 0.278 e. The molecule has 0 atom stereocenters. The second kappa shape index (κ2) is 6.87. The van der Waals surface area contributed by atoms with E-state index < -0.39 is 0 Å². The monoisotopic (exact) mass is 379 g/mol. The summed E-state index contributed by atoms with van der Waals surface area (Å²) >= 11 is 0. The van der Waals surface area contributed by atoms with Gasteiger partial charge in [0, 0.05) is 19.6 Å². The highest BCUT2D eigenvalue weighted by atomic mass is 16.5. The number of hydrogen-bond donors (Lipinski definition) is 0. The summed E-state index contributed by atoms with van der Waals surface area (Å²) in [6.45, 7) is 0.893. The van der Waals surface area contributed by atoms with Crippen LogP contribution in [0.15, 0.2) is 39.9 Å². The Bertz CT molecular complexity index is 1200. The highest BCUT2D eigenvalue weighted by Gasteiger charge is 2.25. The van der Waals surface area contributed by atoms with Crippen molar-refractivity contribution in [2.75, 3.05) is 13.7 Å². The number of fused-ring (bicyclic) bond motifs is 3. The molecule has 0 amide bonds. The molecule has 1 fully saturated rings. The first-order valence-corrected chi connectivity index (χ1v) is 9.59. The van der Waals surface area contributed by atoms with Gasteiger partial charge in [-0.25, -0.2) is 4.98 Å². The van der Waals surface area contributed by atoms with Gasteiger partial charge in [0.25, 0.3) is 11.4 Å². The molecular weight excluding hydrogens is 358 g/mol. The molecule has 1 saturated carbocycles. The van der Waals surface area contributed by atoms with Gasteiger partial charge < -0.3 is 13.8 Å². The molecule has 3 aromatic heterocycles. The van der Waals surface area contributed by atoms with Crippen molar-refractivity contribution in [3.05, 3.63) is 46.8 Å². The highest BCUT2D eigenvalue weighted by molar-refractivity contribution is 5.83. The van der Waals surface area contributed by atoms with Crippen LogP contribution in [-0.2, 0) is 11.3 Å². The van der Waals surface area contributed by atoms with Gasteiger partial charge in [0.15, 0.2) is 11.5 Å². The van der Waals surface area contributed by atoms with Crippen LogP contribution >= 0.6 is 0 Å². The third-order valence-corrected chi connectivity index (χ3v) is 5.53. The van der Waals surface area contributed by atoms with E-state index in [9.17, 15) is 4.79 Å². The number of aromatic nitrogens is 5. The van der Waals surface area contributed by atoms with E-state index in [-0.39, 0.29) is 5.56 Å². The molecule has 0 radical (unpaired) electrons. The van der Waals surface area contributed by atoms with Crippen LogP contribution in [0.5, 0.6) is 0 Å². The second-order valence-corrected chi connectivity index (χ2v) is 7.19. The Morgan fingerprint density at radius 3 is 2.79 bits per heavy atom. The van der Waals surface area contributed by atoms with Crippen molar-refractivity contribution in [2.24, 2.45) is 0 Å². The van der Waals surface area contributed by atoms with Gasteiger partial charge in [-0.15, -0.1) is 0 Å². The van der Waals surface area contributed by atoms with E-state index in [0.717, 1.165) is 23.9 Å². The van der Waals surface area contributed by atoms with Gasteiger partial charge in [-0.1, -0.05) is 30.1 Å². The number of rotatable bonds is 5. The molecule has 28 heavy (non-hydrogen) atoms. The Morgan fingerprint density at radius 2 is 2.00 bits per heavy atom. The van der Waals surface area contributed by atoms with Crippen LogP contribution in [0.4, 0.5) is 0 Å². The quantitative estimate of drug-likeness (QED) is 0.530. The number of para-hydroxylation sites is 2. The fraction of sp³-hybridized carbons (Fsp3) is 0.400. The number of ether oxygens (including phenoxy) is 1. The Balaban J connectivity index is 1.71. The van der Waals surface area contributed by atoms with Gasteiger partial charge in [-0.05, 0) is 25.0 Å². The van der Waals surface area contributed by atoms with Gasteiger partial charge in [-0.3, -0.25) is 9.20 Å². The van der Waals surface area contributed by atoms with Gasteiger partial charge in [0.1, 0.15) is 11.8 Å². The summed E-state index contributed by atoms with van der Waals surface area (Å²) in [5.74, 6) is 1.36. The Morgan fingerprint density at radius 1 is 1.21 bits per heavy atom. The van der Waals surface area contributed by atoms with Crippen LogP contribution in [0, 0.1) is 0 Å². The molecule has 8 heteroatoms. The van der Waals surface area contributed by atoms with Gasteiger partial charge in [0.2, 0.25) is 0 Å². The summed E-state index contributed by atoms with van der Waals surface area (Å²) in [5, 5.41) is 4.16. The zero-order chi connectivity index (χ0) is 19.1. The highest BCUT2D eigenvalue weighted by Crippen LogP contribution is 2.33. The fourth-order valence-electron chi connectivity index (χ4n) is 4.11. The maximum atomic E-state index is 13.3. The average molecular weight is 379 g/mol. The normalized spacial score (nSPS) is 15.2. The molecule has 0 aliphatic heterocycles. The Kier molecular flexibility index (Phi) is 4.20. The van der Waals surface area contributed by atoms with Gasteiger partial charge in [-0.2, -0.15) is 4.98 Å². The van der Waals surface area contributed by atoms with Crippen molar-refractivity contribution in [1.29, 1.82) is 0 Å². The average Bonchev–Trinajstić information content (AvgIpc) is 3.47. The van der Waals surface area contributed by atoms with Crippen molar-refractivity contribution >= 4 is 16.6 Å². The maximum absolute atomic E-state index is 13.3. The predicted octanol–water partition coefficient (Wildman–Crippen LogP) is 3.00. The minimum absolute atomic E-state index is 0.149. The van der Waals surface area contributed by atoms with E-state index >= 15 is 0 Å². The van der Waals surface area contributed by atoms with E-state index in [2.05, 4.69) is 15.1 Å². The molecule has 0 spiro atoms. The van der Waals surface area contributed by atoms with Crippen molar-refractivity contribution in [3.63, 3.8) is 0 Å². The zero-order valence-electron chi connectivity index (χ0n) is 15.7. The van der Waals surface area contributed by atoms with E-state index in [1.54, 1.807) is 22.4 Å². The molecule has 3 heterocycles. The van der Waals surface area contributed by atoms with Crippen LogP contribution in [-0.4, -0.2) is 37.8 Å². The maximum Gasteiger partial charge on any atom is 0.278 e. The van der Waals surface area contributed by atoms with E-state index in [0.29, 0.717) is 42.0 Å². The lowest BCUT2D eigenvalue weighted by Gasteiger charge is -2.11. The topological polar surface area (TPSA) is 87.5 Å². The molecule has 1 aliphatic carbocycles. The molecule has 0 bridgehead atoms. The minimum atomic E-state index is -0.149. The molecule has 0 unspecified atom stereocenters. The number of hydrogen-bond acceptors (Lipinski definition) is 6. The Hall–Kier alpha value is -3.00. The van der Waals surface area contributed by atoms with E-state index in [1.165, 1.54) is 12.8 Å². The van der Waals surface area contributed by atoms with Crippen LogP contribution in [0.25, 0.3) is 28.1 Å². The van der Waals surface area contributed by atoms with Crippen molar-refractivity contribution in [3.8, 4) is 11.6 Å². The SMILES string of the molecule is COCCn1c(=O)c2c(-c3nc(C4CCCC4)no3)ncn2c2ccccc21. The lowest BCUT2D eigenvalue weighted by Crippen LogP contribution is -2.24. The number of nitrogens with zero attached hydrogens (tertiary/aromatic N) is 5. The van der Waals surface area contributed by atoms with Crippen LogP contribution in [0.3, 0.4) is 0 Å². The number of methoxy groups -OCH3 is 1. The summed E-state index contributed by atoms with van der Waals surface area (Å²) in [6.07, 6.45) is 6.19. The molecule has 1 aliphatic rings. The first-order valence-electron chi connectivity index (χ1n) is 9.59. The van der Waals surface area contributed by atoms with Crippen LogP contribution in [0.2, 0.25) is 0 Å². The first-order chi connectivity index (χ1) is 13.8. The van der Waals surface area contributed by atoms with Gasteiger partial charge >= 0.3 is 0 Å². The second-order valence-electron chi connectivity index (χ2n) is 7.19. The standard InChI is InChI=1S/C20H21N5O3/c1-27-11-10-24-14-8-4-5-9-15(14)25-12-21-16(17(25)20(24)26)19-22-18(23-28-19)13-6-2-3-7-13/h4-5,8-9,12-13H,2-3,6-7,10-11H2,1H3. The third kappa shape index (κ3) is 2.63. The summed E-state index contributed by atoms with van der Waals surface area (Å²) < 4.78 is 14.2.